The number of aliphatic hydroxyl groups is 1. The fraction of sp³-hybridized carbons (Fsp3) is 0.357. The number of likely N-dealkylation sites (tertiary alicyclic amines) is 1. The van der Waals surface area contributed by atoms with E-state index in [0.29, 0.717) is 13.1 Å². The van der Waals surface area contributed by atoms with E-state index in [1.807, 2.05) is 30.3 Å². The van der Waals surface area contributed by atoms with Gasteiger partial charge in [0.2, 0.25) is 5.76 Å². The first kappa shape index (κ1) is 17.5. The number of carbonyl (C=O) groups excluding carboxylic acids is 1. The second kappa shape index (κ2) is 6.95. The number of alkyl halides is 3. The molecule has 1 saturated heterocycles. The van der Waals surface area contributed by atoms with Crippen molar-refractivity contribution in [3.8, 4) is 0 Å². The molecule has 2 rings (SSSR count). The number of allylic oxidation sites excluding steroid dienone is 1. The SMILES string of the molecule is Cl.O=C1CCN(Cc2ccccc2)CC1=C(O)C(F)(F)F. The average molecular weight is 322 g/mol. The van der Waals surface area contributed by atoms with Gasteiger partial charge in [-0.2, -0.15) is 13.2 Å². The maximum atomic E-state index is 12.5. The lowest BCUT2D eigenvalue weighted by Crippen LogP contribution is -2.37. The average Bonchev–Trinajstić information content (AvgIpc) is 2.40. The number of benzene rings is 1. The van der Waals surface area contributed by atoms with Crippen LogP contribution in [-0.4, -0.2) is 35.1 Å². The summed E-state index contributed by atoms with van der Waals surface area (Å²) >= 11 is 0. The Morgan fingerprint density at radius 2 is 1.86 bits per heavy atom. The molecule has 1 aromatic rings. The molecule has 0 radical (unpaired) electrons. The van der Waals surface area contributed by atoms with Gasteiger partial charge in [0.25, 0.3) is 0 Å². The van der Waals surface area contributed by atoms with E-state index in [2.05, 4.69) is 0 Å². The number of hydrogen-bond acceptors (Lipinski definition) is 3. The van der Waals surface area contributed by atoms with E-state index >= 15 is 0 Å². The predicted octanol–water partition coefficient (Wildman–Crippen LogP) is 3.26. The highest BCUT2D eigenvalue weighted by molar-refractivity contribution is 5.97. The topological polar surface area (TPSA) is 40.5 Å². The number of Topliss-reactive ketones (excluding diaryl/α,β-unsaturated/α-hetero) is 1. The van der Waals surface area contributed by atoms with Crippen molar-refractivity contribution >= 4 is 18.2 Å². The summed E-state index contributed by atoms with van der Waals surface area (Å²) in [6.07, 6.45) is -4.89. The summed E-state index contributed by atoms with van der Waals surface area (Å²) in [7, 11) is 0. The van der Waals surface area contributed by atoms with E-state index in [1.165, 1.54) is 0 Å². The molecule has 1 aromatic carbocycles. The largest absolute Gasteiger partial charge is 0.504 e. The molecule has 1 fully saturated rings. The normalized spacial score (nSPS) is 19.1. The smallest absolute Gasteiger partial charge is 0.449 e. The Labute approximate surface area is 126 Å². The maximum absolute atomic E-state index is 12.5. The molecule has 1 aliphatic heterocycles. The second-order valence-corrected chi connectivity index (χ2v) is 4.69. The molecule has 116 valence electrons. The Morgan fingerprint density at radius 1 is 1.24 bits per heavy atom. The van der Waals surface area contributed by atoms with Crippen LogP contribution in [-0.2, 0) is 11.3 Å². The van der Waals surface area contributed by atoms with Crippen LogP contribution in [0, 0.1) is 0 Å². The van der Waals surface area contributed by atoms with Crippen LogP contribution in [0.2, 0.25) is 0 Å². The lowest BCUT2D eigenvalue weighted by atomic mass is 10.0. The fourth-order valence-electron chi connectivity index (χ4n) is 2.16. The third kappa shape index (κ3) is 4.47. The quantitative estimate of drug-likeness (QED) is 0.671. The second-order valence-electron chi connectivity index (χ2n) is 4.69. The van der Waals surface area contributed by atoms with Crippen molar-refractivity contribution in [2.75, 3.05) is 13.1 Å². The van der Waals surface area contributed by atoms with Crippen LogP contribution in [0.5, 0.6) is 0 Å². The van der Waals surface area contributed by atoms with Crippen LogP contribution in [0.3, 0.4) is 0 Å². The molecule has 0 saturated carbocycles. The van der Waals surface area contributed by atoms with Crippen LogP contribution in [0.15, 0.2) is 41.7 Å². The Balaban J connectivity index is 0.00000220. The minimum atomic E-state index is -4.87. The van der Waals surface area contributed by atoms with E-state index in [1.54, 1.807) is 4.90 Å². The van der Waals surface area contributed by atoms with Gasteiger partial charge in [0.1, 0.15) is 0 Å². The van der Waals surface area contributed by atoms with Gasteiger partial charge in [-0.15, -0.1) is 12.4 Å². The van der Waals surface area contributed by atoms with Crippen molar-refractivity contribution in [3.63, 3.8) is 0 Å². The van der Waals surface area contributed by atoms with Crippen molar-refractivity contribution in [3.05, 3.63) is 47.2 Å². The molecule has 0 bridgehead atoms. The van der Waals surface area contributed by atoms with E-state index in [-0.39, 0.29) is 25.4 Å². The summed E-state index contributed by atoms with van der Waals surface area (Å²) in [5.74, 6) is -2.40. The Hall–Kier alpha value is -1.53. The summed E-state index contributed by atoms with van der Waals surface area (Å²) < 4.78 is 37.4. The third-order valence-electron chi connectivity index (χ3n) is 3.18. The standard InChI is InChI=1S/C14H14F3NO2.ClH/c15-14(16,17)13(20)11-9-18(7-6-12(11)19)8-10-4-2-1-3-5-10;/h1-5,20H,6-9H2;1H. The number of piperidine rings is 1. The lowest BCUT2D eigenvalue weighted by molar-refractivity contribution is -0.129. The van der Waals surface area contributed by atoms with E-state index < -0.39 is 23.3 Å². The number of aliphatic hydroxyl groups excluding tert-OH is 1. The minimum Gasteiger partial charge on any atom is -0.504 e. The molecule has 0 aliphatic carbocycles. The highest BCUT2D eigenvalue weighted by Crippen LogP contribution is 2.29. The Morgan fingerprint density at radius 3 is 2.43 bits per heavy atom. The molecular weight excluding hydrogens is 307 g/mol. The number of carbonyl (C=O) groups is 1. The summed E-state index contributed by atoms with van der Waals surface area (Å²) in [4.78, 5) is 13.3. The van der Waals surface area contributed by atoms with Crippen LogP contribution < -0.4 is 0 Å². The van der Waals surface area contributed by atoms with Crippen LogP contribution >= 0.6 is 12.4 Å². The third-order valence-corrected chi connectivity index (χ3v) is 3.18. The highest BCUT2D eigenvalue weighted by atomic mass is 35.5. The fourth-order valence-corrected chi connectivity index (χ4v) is 2.16. The first-order chi connectivity index (χ1) is 9.38. The van der Waals surface area contributed by atoms with Crippen LogP contribution in [0.25, 0.3) is 0 Å². The van der Waals surface area contributed by atoms with Gasteiger partial charge in [0.05, 0.1) is 5.57 Å². The molecule has 0 unspecified atom stereocenters. The summed E-state index contributed by atoms with van der Waals surface area (Å²) in [6, 6.07) is 9.26. The molecule has 21 heavy (non-hydrogen) atoms. The van der Waals surface area contributed by atoms with E-state index in [0.717, 1.165) is 5.56 Å². The number of ketones is 1. The predicted molar refractivity (Wildman–Crippen MR) is 74.3 cm³/mol. The van der Waals surface area contributed by atoms with Gasteiger partial charge in [-0.3, -0.25) is 9.69 Å². The summed E-state index contributed by atoms with van der Waals surface area (Å²) in [5.41, 5.74) is 0.410. The van der Waals surface area contributed by atoms with Gasteiger partial charge in [-0.05, 0) is 5.56 Å². The first-order valence-electron chi connectivity index (χ1n) is 6.16. The molecule has 7 heteroatoms. The summed E-state index contributed by atoms with van der Waals surface area (Å²) in [5, 5.41) is 9.17. The molecule has 0 amide bonds. The molecule has 0 aromatic heterocycles. The molecule has 0 spiro atoms. The maximum Gasteiger partial charge on any atom is 0.449 e. The summed E-state index contributed by atoms with van der Waals surface area (Å²) in [6.45, 7) is 0.657. The van der Waals surface area contributed by atoms with Crippen molar-refractivity contribution in [2.45, 2.75) is 19.1 Å². The van der Waals surface area contributed by atoms with Crippen LogP contribution in [0.1, 0.15) is 12.0 Å². The number of nitrogens with zero attached hydrogens (tertiary/aromatic N) is 1. The molecule has 1 heterocycles. The Bertz CT molecular complexity index is 529. The first-order valence-corrected chi connectivity index (χ1v) is 6.16. The molecule has 0 atom stereocenters. The Kier molecular flexibility index (Phi) is 5.80. The lowest BCUT2D eigenvalue weighted by Gasteiger charge is -2.28. The minimum absolute atomic E-state index is 0. The zero-order valence-electron chi connectivity index (χ0n) is 11.1. The van der Waals surface area contributed by atoms with Crippen LogP contribution in [0.4, 0.5) is 13.2 Å². The monoisotopic (exact) mass is 321 g/mol. The molecular formula is C14H15ClF3NO2. The van der Waals surface area contributed by atoms with E-state index in [9.17, 15) is 23.1 Å². The highest BCUT2D eigenvalue weighted by Gasteiger charge is 2.39. The zero-order chi connectivity index (χ0) is 14.8. The number of rotatable bonds is 2. The van der Waals surface area contributed by atoms with Crippen molar-refractivity contribution in [2.24, 2.45) is 0 Å². The van der Waals surface area contributed by atoms with Gasteiger partial charge in [0, 0.05) is 26.1 Å². The van der Waals surface area contributed by atoms with Crippen molar-refractivity contribution in [1.82, 2.24) is 4.90 Å². The molecule has 3 nitrogen and oxygen atoms in total. The van der Waals surface area contributed by atoms with Crippen molar-refractivity contribution < 1.29 is 23.1 Å². The number of halogens is 4. The van der Waals surface area contributed by atoms with Gasteiger partial charge in [-0.1, -0.05) is 30.3 Å². The van der Waals surface area contributed by atoms with Gasteiger partial charge in [-0.25, -0.2) is 0 Å². The number of hydrogen-bond donors (Lipinski definition) is 1. The van der Waals surface area contributed by atoms with Gasteiger partial charge in [0.15, 0.2) is 5.78 Å². The van der Waals surface area contributed by atoms with Crippen molar-refractivity contribution in [1.29, 1.82) is 0 Å². The van der Waals surface area contributed by atoms with Gasteiger partial charge >= 0.3 is 6.18 Å². The molecule has 1 aliphatic rings. The molecule has 1 N–H and O–H groups in total. The van der Waals surface area contributed by atoms with Gasteiger partial charge < -0.3 is 5.11 Å². The zero-order valence-corrected chi connectivity index (χ0v) is 11.9. The van der Waals surface area contributed by atoms with E-state index in [4.69, 9.17) is 0 Å².